The van der Waals surface area contributed by atoms with Crippen LogP contribution in [-0.4, -0.2) is 43.8 Å². The Bertz CT molecular complexity index is 649. The van der Waals surface area contributed by atoms with Crippen LogP contribution in [0.5, 0.6) is 0 Å². The van der Waals surface area contributed by atoms with Crippen molar-refractivity contribution in [3.05, 3.63) is 35.4 Å². The van der Waals surface area contributed by atoms with E-state index in [0.29, 0.717) is 38.2 Å². The molecule has 0 bridgehead atoms. The summed E-state index contributed by atoms with van der Waals surface area (Å²) in [5, 5.41) is 3.02. The highest BCUT2D eigenvalue weighted by atomic mass is 19.4. The summed E-state index contributed by atoms with van der Waals surface area (Å²) >= 11 is 0. The Morgan fingerprint density at radius 1 is 1.07 bits per heavy atom. The first kappa shape index (κ1) is 21.0. The van der Waals surface area contributed by atoms with Crippen LogP contribution in [0.2, 0.25) is 0 Å². The number of urea groups is 1. The Morgan fingerprint density at radius 2 is 1.71 bits per heavy atom. The number of nitrogens with one attached hydrogen (secondary N) is 1. The molecular weight excluding hydrogens is 369 g/mol. The molecule has 2 fully saturated rings. The minimum atomic E-state index is -4.38. The lowest BCUT2D eigenvalue weighted by Gasteiger charge is -2.39. The molecule has 0 unspecified atom stereocenters. The zero-order valence-electron chi connectivity index (χ0n) is 16.2. The second-order valence-corrected chi connectivity index (χ2v) is 7.88. The maximum absolute atomic E-state index is 13.2. The van der Waals surface area contributed by atoms with Crippen molar-refractivity contribution in [2.75, 3.05) is 32.8 Å². The Balaban J connectivity index is 1.74. The highest BCUT2D eigenvalue weighted by molar-refractivity contribution is 5.74. The number of hydrogen-bond acceptors (Lipinski definition) is 2. The minimum absolute atomic E-state index is 0.111. The molecule has 1 N–H and O–H groups in total. The van der Waals surface area contributed by atoms with Gasteiger partial charge in [-0.2, -0.15) is 13.2 Å². The van der Waals surface area contributed by atoms with Gasteiger partial charge in [-0.25, -0.2) is 4.79 Å². The van der Waals surface area contributed by atoms with Gasteiger partial charge in [0.25, 0.3) is 0 Å². The van der Waals surface area contributed by atoms with E-state index >= 15 is 0 Å². The Labute approximate surface area is 164 Å². The van der Waals surface area contributed by atoms with Gasteiger partial charge in [0.1, 0.15) is 0 Å². The quantitative estimate of drug-likeness (QED) is 0.800. The molecule has 28 heavy (non-hydrogen) atoms. The van der Waals surface area contributed by atoms with Crippen LogP contribution in [0.4, 0.5) is 18.0 Å². The molecule has 1 aromatic rings. The molecular formula is C21H29F3N2O2. The van der Waals surface area contributed by atoms with Crippen LogP contribution in [0.25, 0.3) is 0 Å². The zero-order valence-corrected chi connectivity index (χ0v) is 16.2. The number of halogens is 3. The molecule has 0 saturated carbocycles. The Morgan fingerprint density at radius 3 is 2.36 bits per heavy atom. The van der Waals surface area contributed by atoms with E-state index in [1.54, 1.807) is 6.07 Å². The number of rotatable bonds is 3. The molecule has 2 amide bonds. The van der Waals surface area contributed by atoms with Crippen molar-refractivity contribution in [2.24, 2.45) is 0 Å². The number of likely N-dealkylation sites (tertiary alicyclic amines) is 1. The maximum atomic E-state index is 13.2. The standard InChI is InChI=1S/C21H29F3N2O2/c22-21(23,24)18-8-6-7-17(15-18)20(9-13-28-14-10-20)16-25-19(27)26-11-4-2-1-3-5-12-26/h6-8,15H,1-5,9-14,16H2,(H,25,27). The number of ether oxygens (including phenoxy) is 1. The smallest absolute Gasteiger partial charge is 0.381 e. The van der Waals surface area contributed by atoms with Gasteiger partial charge < -0.3 is 15.0 Å². The molecule has 156 valence electrons. The highest BCUT2D eigenvalue weighted by Crippen LogP contribution is 2.37. The minimum Gasteiger partial charge on any atom is -0.381 e. The SMILES string of the molecule is O=C(NCC1(c2cccc(C(F)(F)F)c2)CCOCC1)N1CCCCCCC1. The van der Waals surface area contributed by atoms with E-state index in [-0.39, 0.29) is 6.03 Å². The second-order valence-electron chi connectivity index (χ2n) is 7.88. The van der Waals surface area contributed by atoms with Gasteiger partial charge in [-0.1, -0.05) is 37.5 Å². The molecule has 7 heteroatoms. The van der Waals surface area contributed by atoms with Gasteiger partial charge >= 0.3 is 12.2 Å². The maximum Gasteiger partial charge on any atom is 0.416 e. The van der Waals surface area contributed by atoms with Crippen molar-refractivity contribution in [2.45, 2.75) is 56.5 Å². The third kappa shape index (κ3) is 5.19. The monoisotopic (exact) mass is 398 g/mol. The van der Waals surface area contributed by atoms with Crippen molar-refractivity contribution in [3.8, 4) is 0 Å². The lowest BCUT2D eigenvalue weighted by Crippen LogP contribution is -2.49. The van der Waals surface area contributed by atoms with Crippen LogP contribution in [0, 0.1) is 0 Å². The molecule has 4 nitrogen and oxygen atoms in total. The van der Waals surface area contributed by atoms with E-state index in [2.05, 4.69) is 5.32 Å². The van der Waals surface area contributed by atoms with Gasteiger partial charge in [0.15, 0.2) is 0 Å². The lowest BCUT2D eigenvalue weighted by atomic mass is 9.73. The summed E-state index contributed by atoms with van der Waals surface area (Å²) in [4.78, 5) is 14.6. The second kappa shape index (κ2) is 9.16. The van der Waals surface area contributed by atoms with Gasteiger partial charge in [0, 0.05) is 38.3 Å². The van der Waals surface area contributed by atoms with Gasteiger partial charge in [-0.05, 0) is 37.3 Å². The number of benzene rings is 1. The molecule has 0 radical (unpaired) electrons. The predicted molar refractivity (Wildman–Crippen MR) is 101 cm³/mol. The zero-order chi connectivity index (χ0) is 20.0. The normalized spacial score (nSPS) is 20.9. The van der Waals surface area contributed by atoms with Gasteiger partial charge in [-0.15, -0.1) is 0 Å². The summed E-state index contributed by atoms with van der Waals surface area (Å²) in [5.74, 6) is 0. The molecule has 3 rings (SSSR count). The van der Waals surface area contributed by atoms with E-state index < -0.39 is 17.2 Å². The lowest BCUT2D eigenvalue weighted by molar-refractivity contribution is -0.137. The summed E-state index contributed by atoms with van der Waals surface area (Å²) < 4.78 is 45.0. The first-order valence-corrected chi connectivity index (χ1v) is 10.2. The number of alkyl halides is 3. The molecule has 0 aromatic heterocycles. The molecule has 2 aliphatic heterocycles. The van der Waals surface area contributed by atoms with Crippen LogP contribution in [0.1, 0.15) is 56.1 Å². The Kier molecular flexibility index (Phi) is 6.86. The average molecular weight is 398 g/mol. The van der Waals surface area contributed by atoms with Crippen LogP contribution < -0.4 is 5.32 Å². The van der Waals surface area contributed by atoms with Gasteiger partial charge in [0.2, 0.25) is 0 Å². The van der Waals surface area contributed by atoms with Crippen LogP contribution in [0.15, 0.2) is 24.3 Å². The number of hydrogen-bond donors (Lipinski definition) is 1. The third-order valence-electron chi connectivity index (χ3n) is 5.97. The highest BCUT2D eigenvalue weighted by Gasteiger charge is 2.38. The molecule has 0 atom stereocenters. The van der Waals surface area contributed by atoms with E-state index in [4.69, 9.17) is 4.74 Å². The molecule has 2 heterocycles. The topological polar surface area (TPSA) is 41.6 Å². The fourth-order valence-corrected chi connectivity index (χ4v) is 4.16. The van der Waals surface area contributed by atoms with Crippen molar-refractivity contribution in [1.29, 1.82) is 0 Å². The van der Waals surface area contributed by atoms with E-state index in [0.717, 1.165) is 44.8 Å². The van der Waals surface area contributed by atoms with Crippen molar-refractivity contribution in [3.63, 3.8) is 0 Å². The molecule has 0 spiro atoms. The van der Waals surface area contributed by atoms with E-state index in [1.807, 2.05) is 4.90 Å². The first-order valence-electron chi connectivity index (χ1n) is 10.2. The van der Waals surface area contributed by atoms with Crippen LogP contribution in [-0.2, 0) is 16.3 Å². The summed E-state index contributed by atoms with van der Waals surface area (Å²) in [5.41, 5.74) is -0.553. The summed E-state index contributed by atoms with van der Waals surface area (Å²) in [6, 6.07) is 5.40. The first-order chi connectivity index (χ1) is 13.4. The third-order valence-corrected chi connectivity index (χ3v) is 5.97. The predicted octanol–water partition coefficient (Wildman–Crippen LogP) is 4.73. The van der Waals surface area contributed by atoms with Crippen molar-refractivity contribution < 1.29 is 22.7 Å². The largest absolute Gasteiger partial charge is 0.416 e. The summed E-state index contributed by atoms with van der Waals surface area (Å²) in [7, 11) is 0. The van der Waals surface area contributed by atoms with E-state index in [9.17, 15) is 18.0 Å². The van der Waals surface area contributed by atoms with Gasteiger partial charge in [-0.3, -0.25) is 0 Å². The van der Waals surface area contributed by atoms with Crippen LogP contribution >= 0.6 is 0 Å². The fourth-order valence-electron chi connectivity index (χ4n) is 4.16. The van der Waals surface area contributed by atoms with Gasteiger partial charge in [0.05, 0.1) is 5.56 Å². The summed E-state index contributed by atoms with van der Waals surface area (Å²) in [6.07, 6.45) is 2.29. The van der Waals surface area contributed by atoms with E-state index in [1.165, 1.54) is 18.6 Å². The Hall–Kier alpha value is -1.76. The number of amides is 2. The summed E-state index contributed by atoms with van der Waals surface area (Å²) in [6.45, 7) is 2.77. The average Bonchev–Trinajstić information content (AvgIpc) is 2.66. The van der Waals surface area contributed by atoms with Crippen molar-refractivity contribution >= 4 is 6.03 Å². The number of carbonyl (C=O) groups excluding carboxylic acids is 1. The molecule has 0 aliphatic carbocycles. The molecule has 1 aromatic carbocycles. The van der Waals surface area contributed by atoms with Crippen molar-refractivity contribution in [1.82, 2.24) is 10.2 Å². The molecule has 2 aliphatic rings. The van der Waals surface area contributed by atoms with Crippen LogP contribution in [0.3, 0.4) is 0 Å². The fraction of sp³-hybridized carbons (Fsp3) is 0.667. The number of carbonyl (C=O) groups is 1. The molecule has 2 saturated heterocycles. The number of nitrogens with zero attached hydrogens (tertiary/aromatic N) is 1.